The van der Waals surface area contributed by atoms with Gasteiger partial charge in [-0.3, -0.25) is 4.79 Å². The summed E-state index contributed by atoms with van der Waals surface area (Å²) < 4.78 is 5.40. The molecule has 0 saturated carbocycles. The van der Waals surface area contributed by atoms with Gasteiger partial charge in [-0.15, -0.1) is 0 Å². The van der Waals surface area contributed by atoms with Gasteiger partial charge in [-0.25, -0.2) is 0 Å². The smallest absolute Gasteiger partial charge is 0.258 e. The van der Waals surface area contributed by atoms with Crippen molar-refractivity contribution in [1.29, 1.82) is 0 Å². The minimum atomic E-state index is -0.183. The van der Waals surface area contributed by atoms with Crippen LogP contribution >= 0.6 is 34.8 Å². The summed E-state index contributed by atoms with van der Waals surface area (Å²) in [5, 5.41) is 7.22. The Morgan fingerprint density at radius 1 is 1.33 bits per heavy atom. The molecule has 0 aromatic heterocycles. The molecule has 0 radical (unpaired) electrons. The van der Waals surface area contributed by atoms with Crippen LogP contribution in [0.5, 0.6) is 5.75 Å². The van der Waals surface area contributed by atoms with Gasteiger partial charge in [0.05, 0.1) is 15.1 Å². The molecule has 2 N–H and O–H groups in total. The van der Waals surface area contributed by atoms with Crippen LogP contribution in [0.2, 0.25) is 15.1 Å². The van der Waals surface area contributed by atoms with E-state index in [-0.39, 0.29) is 18.6 Å². The van der Waals surface area contributed by atoms with Gasteiger partial charge >= 0.3 is 0 Å². The Labute approximate surface area is 139 Å². The van der Waals surface area contributed by atoms with Gasteiger partial charge in [0.2, 0.25) is 0 Å². The molecule has 1 aliphatic heterocycles. The molecule has 2 rings (SSSR count). The van der Waals surface area contributed by atoms with Crippen molar-refractivity contribution in [3.05, 3.63) is 27.2 Å². The lowest BCUT2D eigenvalue weighted by Crippen LogP contribution is -2.51. The number of ether oxygens (including phenoxy) is 1. The second-order valence-corrected chi connectivity index (χ2v) is 6.35. The summed E-state index contributed by atoms with van der Waals surface area (Å²) in [6, 6.07) is 3.12. The molecular weight excluding hydrogens is 335 g/mol. The van der Waals surface area contributed by atoms with E-state index in [0.717, 1.165) is 19.5 Å². The van der Waals surface area contributed by atoms with Crippen molar-refractivity contribution in [3.8, 4) is 5.75 Å². The van der Waals surface area contributed by atoms with E-state index >= 15 is 0 Å². The summed E-state index contributed by atoms with van der Waals surface area (Å²) in [7, 11) is 0. The monoisotopic (exact) mass is 350 g/mol. The van der Waals surface area contributed by atoms with Crippen LogP contribution in [-0.4, -0.2) is 31.6 Å². The molecule has 7 heteroatoms. The van der Waals surface area contributed by atoms with Crippen LogP contribution in [0.15, 0.2) is 12.1 Å². The van der Waals surface area contributed by atoms with Crippen LogP contribution in [0.25, 0.3) is 0 Å². The predicted molar refractivity (Wildman–Crippen MR) is 85.5 cm³/mol. The molecule has 1 saturated heterocycles. The Hall–Kier alpha value is -0.680. The number of hydrogen-bond donors (Lipinski definition) is 2. The van der Waals surface area contributed by atoms with E-state index < -0.39 is 0 Å². The van der Waals surface area contributed by atoms with E-state index in [2.05, 4.69) is 17.6 Å². The molecule has 1 fully saturated rings. The Bertz CT molecular complexity index is 525. The van der Waals surface area contributed by atoms with Crippen molar-refractivity contribution in [2.75, 3.05) is 19.7 Å². The number of piperidine rings is 1. The van der Waals surface area contributed by atoms with Crippen molar-refractivity contribution in [1.82, 2.24) is 10.6 Å². The molecule has 1 amide bonds. The number of hydrogen-bond acceptors (Lipinski definition) is 3. The average Bonchev–Trinajstić information content (AvgIpc) is 2.44. The zero-order valence-electron chi connectivity index (χ0n) is 11.6. The molecule has 0 spiro atoms. The average molecular weight is 352 g/mol. The second-order valence-electron chi connectivity index (χ2n) is 5.13. The third-order valence-corrected chi connectivity index (χ3v) is 4.53. The molecule has 116 valence electrons. The fraction of sp³-hybridized carbons (Fsp3) is 0.500. The van der Waals surface area contributed by atoms with Crippen molar-refractivity contribution in [2.45, 2.75) is 19.4 Å². The molecule has 2 unspecified atom stereocenters. The summed E-state index contributed by atoms with van der Waals surface area (Å²) in [6.45, 7) is 3.78. The minimum Gasteiger partial charge on any atom is -0.482 e. The zero-order valence-corrected chi connectivity index (χ0v) is 13.9. The van der Waals surface area contributed by atoms with E-state index in [1.54, 1.807) is 0 Å². The first-order valence-corrected chi connectivity index (χ1v) is 7.88. The number of carbonyl (C=O) groups is 1. The number of amides is 1. The van der Waals surface area contributed by atoms with Gasteiger partial charge in [-0.2, -0.15) is 0 Å². The molecule has 1 aliphatic rings. The van der Waals surface area contributed by atoms with Gasteiger partial charge in [0, 0.05) is 18.7 Å². The van der Waals surface area contributed by atoms with Crippen molar-refractivity contribution in [2.24, 2.45) is 5.92 Å². The number of rotatable bonds is 4. The van der Waals surface area contributed by atoms with Crippen LogP contribution in [0.4, 0.5) is 0 Å². The third-order valence-electron chi connectivity index (χ3n) is 3.51. The molecule has 21 heavy (non-hydrogen) atoms. The van der Waals surface area contributed by atoms with E-state index in [4.69, 9.17) is 39.5 Å². The first-order chi connectivity index (χ1) is 9.97. The summed E-state index contributed by atoms with van der Waals surface area (Å²) in [4.78, 5) is 11.9. The Kier molecular flexibility index (Phi) is 5.99. The highest BCUT2D eigenvalue weighted by molar-refractivity contribution is 6.43. The highest BCUT2D eigenvalue weighted by Gasteiger charge is 2.22. The van der Waals surface area contributed by atoms with Crippen LogP contribution < -0.4 is 15.4 Å². The van der Waals surface area contributed by atoms with Gasteiger partial charge < -0.3 is 15.4 Å². The minimum absolute atomic E-state index is 0.110. The fourth-order valence-corrected chi connectivity index (χ4v) is 2.78. The van der Waals surface area contributed by atoms with Crippen LogP contribution in [-0.2, 0) is 4.79 Å². The molecule has 0 bridgehead atoms. The molecule has 4 nitrogen and oxygen atoms in total. The molecule has 1 aromatic carbocycles. The third kappa shape index (κ3) is 4.65. The van der Waals surface area contributed by atoms with Crippen molar-refractivity contribution >= 4 is 40.7 Å². The number of benzene rings is 1. The normalized spacial score (nSPS) is 21.9. The first kappa shape index (κ1) is 16.7. The topological polar surface area (TPSA) is 50.4 Å². The summed E-state index contributed by atoms with van der Waals surface area (Å²) in [5.74, 6) is 0.609. The van der Waals surface area contributed by atoms with Crippen LogP contribution in [0.1, 0.15) is 13.3 Å². The summed E-state index contributed by atoms with van der Waals surface area (Å²) >= 11 is 17.7. The summed E-state index contributed by atoms with van der Waals surface area (Å²) in [5.41, 5.74) is 0. The first-order valence-electron chi connectivity index (χ1n) is 6.75. The SMILES string of the molecule is CC1CCNCC1NC(=O)COc1cc(Cl)c(Cl)cc1Cl. The largest absolute Gasteiger partial charge is 0.482 e. The maximum absolute atomic E-state index is 11.9. The lowest BCUT2D eigenvalue weighted by atomic mass is 9.95. The van der Waals surface area contributed by atoms with E-state index in [0.29, 0.717) is 26.7 Å². The molecule has 2 atom stereocenters. The highest BCUT2D eigenvalue weighted by atomic mass is 35.5. The quantitative estimate of drug-likeness (QED) is 0.819. The Balaban J connectivity index is 1.88. The molecule has 0 aliphatic carbocycles. The van der Waals surface area contributed by atoms with Gasteiger partial charge in [0.15, 0.2) is 6.61 Å². The number of nitrogens with one attached hydrogen (secondary N) is 2. The van der Waals surface area contributed by atoms with Gasteiger partial charge in [-0.05, 0) is 24.9 Å². The van der Waals surface area contributed by atoms with Gasteiger partial charge in [-0.1, -0.05) is 41.7 Å². The maximum Gasteiger partial charge on any atom is 0.258 e. The van der Waals surface area contributed by atoms with Gasteiger partial charge in [0.25, 0.3) is 5.91 Å². The van der Waals surface area contributed by atoms with Gasteiger partial charge in [0.1, 0.15) is 5.75 Å². The highest BCUT2D eigenvalue weighted by Crippen LogP contribution is 2.33. The van der Waals surface area contributed by atoms with E-state index in [1.807, 2.05) is 0 Å². The lowest BCUT2D eigenvalue weighted by molar-refractivity contribution is -0.124. The number of halogens is 3. The zero-order chi connectivity index (χ0) is 15.4. The molecule has 1 heterocycles. The number of carbonyl (C=O) groups excluding carboxylic acids is 1. The van der Waals surface area contributed by atoms with Crippen molar-refractivity contribution in [3.63, 3.8) is 0 Å². The molecular formula is C14H17Cl3N2O2. The van der Waals surface area contributed by atoms with E-state index in [1.165, 1.54) is 12.1 Å². The summed E-state index contributed by atoms with van der Waals surface area (Å²) in [6.07, 6.45) is 1.05. The lowest BCUT2D eigenvalue weighted by Gasteiger charge is -2.30. The maximum atomic E-state index is 11.9. The standard InChI is InChI=1S/C14H17Cl3N2O2/c1-8-2-3-18-6-12(8)19-14(20)7-21-13-5-10(16)9(15)4-11(13)17/h4-5,8,12,18H,2-3,6-7H2,1H3,(H,19,20). The Morgan fingerprint density at radius 3 is 2.76 bits per heavy atom. The van der Waals surface area contributed by atoms with Crippen LogP contribution in [0.3, 0.4) is 0 Å². The molecule has 1 aromatic rings. The van der Waals surface area contributed by atoms with E-state index in [9.17, 15) is 4.79 Å². The van der Waals surface area contributed by atoms with Crippen LogP contribution in [0, 0.1) is 5.92 Å². The Morgan fingerprint density at radius 2 is 2.05 bits per heavy atom. The van der Waals surface area contributed by atoms with Crippen molar-refractivity contribution < 1.29 is 9.53 Å². The fourth-order valence-electron chi connectivity index (χ4n) is 2.19. The second kappa shape index (κ2) is 7.54. The predicted octanol–water partition coefficient (Wildman–Crippen LogP) is 3.14.